The van der Waals surface area contributed by atoms with Crippen LogP contribution in [0.4, 0.5) is 0 Å². The molecular weight excluding hydrogens is 228 g/mol. The van der Waals surface area contributed by atoms with E-state index in [0.29, 0.717) is 0 Å². The second kappa shape index (κ2) is 5.51. The third-order valence-electron chi connectivity index (χ3n) is 1.73. The van der Waals surface area contributed by atoms with Crippen LogP contribution in [0.3, 0.4) is 0 Å². The molecular formula is C7H10O9. The van der Waals surface area contributed by atoms with E-state index in [1.54, 1.807) is 0 Å². The van der Waals surface area contributed by atoms with E-state index >= 15 is 0 Å². The van der Waals surface area contributed by atoms with Gasteiger partial charge >= 0.3 is 11.9 Å². The number of Topliss-reactive ketones (excluding diaryl/α,β-unsaturated/α-hetero) is 1. The van der Waals surface area contributed by atoms with Crippen LogP contribution in [0, 0.1) is 0 Å². The Morgan fingerprint density at radius 1 is 0.750 bits per heavy atom. The molecule has 0 spiro atoms. The standard InChI is InChI=1S/C7H10O9/c8-1(2(9)4(11)6(13)14)3(10)5(12)7(15)16/h1-4,8-11H,(H,13,14)(H,15,16)/t1-,2-,3+,4-/m0/s1. The summed E-state index contributed by atoms with van der Waals surface area (Å²) >= 11 is 0. The number of rotatable bonds is 6. The predicted molar refractivity (Wildman–Crippen MR) is 44.3 cm³/mol. The fourth-order valence-corrected chi connectivity index (χ4v) is 0.801. The van der Waals surface area contributed by atoms with Crippen molar-refractivity contribution in [2.45, 2.75) is 24.4 Å². The monoisotopic (exact) mass is 238 g/mol. The van der Waals surface area contributed by atoms with Gasteiger partial charge < -0.3 is 30.6 Å². The minimum absolute atomic E-state index is 1.83. The molecule has 6 N–H and O–H groups in total. The minimum Gasteiger partial charge on any atom is -0.479 e. The van der Waals surface area contributed by atoms with E-state index in [1.165, 1.54) is 0 Å². The molecule has 9 heteroatoms. The molecule has 0 heterocycles. The number of hydrogen-bond donors (Lipinski definition) is 6. The zero-order valence-corrected chi connectivity index (χ0v) is 7.72. The van der Waals surface area contributed by atoms with Crippen molar-refractivity contribution in [2.75, 3.05) is 0 Å². The number of ketones is 1. The van der Waals surface area contributed by atoms with Gasteiger partial charge in [-0.25, -0.2) is 9.59 Å². The van der Waals surface area contributed by atoms with Gasteiger partial charge in [0.1, 0.15) is 12.2 Å². The first-order valence-electron chi connectivity index (χ1n) is 3.92. The Morgan fingerprint density at radius 2 is 1.12 bits per heavy atom. The lowest BCUT2D eigenvalue weighted by Gasteiger charge is -2.22. The quantitative estimate of drug-likeness (QED) is 0.253. The Labute approximate surface area is 88.2 Å². The summed E-state index contributed by atoms with van der Waals surface area (Å²) in [6.07, 6.45) is -9.79. The molecule has 0 bridgehead atoms. The number of hydrogen-bond acceptors (Lipinski definition) is 7. The van der Waals surface area contributed by atoms with Gasteiger partial charge in [-0.2, -0.15) is 0 Å². The normalized spacial score (nSPS) is 18.2. The fourth-order valence-electron chi connectivity index (χ4n) is 0.801. The molecule has 0 aromatic carbocycles. The van der Waals surface area contributed by atoms with Crippen LogP contribution in [0.5, 0.6) is 0 Å². The van der Waals surface area contributed by atoms with Crippen molar-refractivity contribution < 1.29 is 45.0 Å². The molecule has 9 nitrogen and oxygen atoms in total. The highest BCUT2D eigenvalue weighted by Crippen LogP contribution is 2.06. The lowest BCUT2D eigenvalue weighted by molar-refractivity contribution is -0.169. The summed E-state index contributed by atoms with van der Waals surface area (Å²) in [6, 6.07) is 0. The van der Waals surface area contributed by atoms with Gasteiger partial charge in [0.05, 0.1) is 0 Å². The summed E-state index contributed by atoms with van der Waals surface area (Å²) in [6.45, 7) is 0. The molecule has 0 unspecified atom stereocenters. The Kier molecular flexibility index (Phi) is 4.98. The van der Waals surface area contributed by atoms with Crippen LogP contribution in [0.2, 0.25) is 0 Å². The van der Waals surface area contributed by atoms with E-state index in [0.717, 1.165) is 0 Å². The van der Waals surface area contributed by atoms with Crippen LogP contribution in [0.1, 0.15) is 0 Å². The van der Waals surface area contributed by atoms with Crippen LogP contribution in [-0.4, -0.2) is 72.8 Å². The number of carboxylic acids is 2. The average Bonchev–Trinajstić information content (AvgIpc) is 2.23. The number of carbonyl (C=O) groups excluding carboxylic acids is 1. The Balaban J connectivity index is 4.67. The summed E-state index contributed by atoms with van der Waals surface area (Å²) in [5.41, 5.74) is 0. The summed E-state index contributed by atoms with van der Waals surface area (Å²) in [5, 5.41) is 52.0. The summed E-state index contributed by atoms with van der Waals surface area (Å²) in [4.78, 5) is 30.9. The molecule has 0 aromatic heterocycles. The van der Waals surface area contributed by atoms with Gasteiger partial charge in [-0.05, 0) is 0 Å². The van der Waals surface area contributed by atoms with Crippen molar-refractivity contribution in [3.8, 4) is 0 Å². The fraction of sp³-hybridized carbons (Fsp3) is 0.571. The van der Waals surface area contributed by atoms with Gasteiger partial charge in [-0.3, -0.25) is 4.79 Å². The lowest BCUT2D eigenvalue weighted by Crippen LogP contribution is -2.51. The molecule has 92 valence electrons. The SMILES string of the molecule is O=C(O)C(=O)[C@H](O)[C@@H](O)[C@H](O)[C@H](O)C(=O)O. The minimum atomic E-state index is -2.53. The number of aliphatic hydroxyl groups is 4. The van der Waals surface area contributed by atoms with Crippen molar-refractivity contribution in [3.63, 3.8) is 0 Å². The van der Waals surface area contributed by atoms with Crippen molar-refractivity contribution in [3.05, 3.63) is 0 Å². The average molecular weight is 238 g/mol. The van der Waals surface area contributed by atoms with Crippen LogP contribution < -0.4 is 0 Å². The molecule has 0 radical (unpaired) electrons. The van der Waals surface area contributed by atoms with Gasteiger partial charge in [-0.15, -0.1) is 0 Å². The zero-order chi connectivity index (χ0) is 13.0. The molecule has 0 aliphatic rings. The maximum absolute atomic E-state index is 10.6. The molecule has 0 aromatic rings. The number of aliphatic hydroxyl groups excluding tert-OH is 4. The highest BCUT2D eigenvalue weighted by Gasteiger charge is 2.39. The van der Waals surface area contributed by atoms with Crippen molar-refractivity contribution in [2.24, 2.45) is 0 Å². The first-order chi connectivity index (χ1) is 7.20. The number of aliphatic carboxylic acids is 2. The number of carbonyl (C=O) groups is 3. The summed E-state index contributed by atoms with van der Waals surface area (Å²) < 4.78 is 0. The zero-order valence-electron chi connectivity index (χ0n) is 7.72. The molecule has 0 amide bonds. The van der Waals surface area contributed by atoms with Crippen LogP contribution >= 0.6 is 0 Å². The molecule has 0 saturated heterocycles. The largest absolute Gasteiger partial charge is 0.479 e. The Morgan fingerprint density at radius 3 is 1.44 bits per heavy atom. The van der Waals surface area contributed by atoms with Gasteiger partial charge in [0.2, 0.25) is 0 Å². The molecule has 0 aliphatic carbocycles. The predicted octanol–water partition coefficient (Wildman–Crippen LogP) is -3.83. The van der Waals surface area contributed by atoms with Crippen molar-refractivity contribution in [1.29, 1.82) is 0 Å². The molecule has 16 heavy (non-hydrogen) atoms. The molecule has 0 rings (SSSR count). The van der Waals surface area contributed by atoms with Crippen LogP contribution in [0.15, 0.2) is 0 Å². The molecule has 0 aliphatic heterocycles. The van der Waals surface area contributed by atoms with Gasteiger partial charge in [-0.1, -0.05) is 0 Å². The first-order valence-corrected chi connectivity index (χ1v) is 3.92. The van der Waals surface area contributed by atoms with E-state index < -0.39 is 42.1 Å². The van der Waals surface area contributed by atoms with E-state index in [1.807, 2.05) is 0 Å². The highest BCUT2D eigenvalue weighted by molar-refractivity contribution is 6.34. The smallest absolute Gasteiger partial charge is 0.375 e. The third kappa shape index (κ3) is 3.24. The van der Waals surface area contributed by atoms with Crippen molar-refractivity contribution >= 4 is 17.7 Å². The highest BCUT2D eigenvalue weighted by atomic mass is 16.4. The van der Waals surface area contributed by atoms with E-state index in [2.05, 4.69) is 0 Å². The Hall–Kier alpha value is -1.55. The van der Waals surface area contributed by atoms with Gasteiger partial charge in [0.15, 0.2) is 12.2 Å². The lowest BCUT2D eigenvalue weighted by atomic mass is 10.0. The second-order valence-electron chi connectivity index (χ2n) is 2.88. The summed E-state index contributed by atoms with van der Waals surface area (Å²) in [7, 11) is 0. The van der Waals surface area contributed by atoms with Gasteiger partial charge in [0, 0.05) is 0 Å². The maximum Gasteiger partial charge on any atom is 0.375 e. The van der Waals surface area contributed by atoms with Crippen molar-refractivity contribution in [1.82, 2.24) is 0 Å². The third-order valence-corrected chi connectivity index (χ3v) is 1.73. The molecule has 0 saturated carbocycles. The Bertz CT molecular complexity index is 298. The molecule has 4 atom stereocenters. The first kappa shape index (κ1) is 14.5. The number of carboxylic acid groups (broad SMARTS) is 2. The van der Waals surface area contributed by atoms with Crippen LogP contribution in [-0.2, 0) is 14.4 Å². The summed E-state index contributed by atoms with van der Waals surface area (Å²) in [5.74, 6) is -5.80. The maximum atomic E-state index is 10.6. The van der Waals surface area contributed by atoms with E-state index in [-0.39, 0.29) is 0 Å². The van der Waals surface area contributed by atoms with Gasteiger partial charge in [0.25, 0.3) is 5.78 Å². The van der Waals surface area contributed by atoms with E-state index in [4.69, 9.17) is 30.6 Å². The topological polar surface area (TPSA) is 173 Å². The van der Waals surface area contributed by atoms with Crippen LogP contribution in [0.25, 0.3) is 0 Å². The second-order valence-corrected chi connectivity index (χ2v) is 2.88. The molecule has 0 fully saturated rings. The van der Waals surface area contributed by atoms with E-state index in [9.17, 15) is 14.4 Å².